The second-order valence-corrected chi connectivity index (χ2v) is 2.23. The maximum absolute atomic E-state index is 6.25. The van der Waals surface area contributed by atoms with Crippen LogP contribution in [0.5, 0.6) is 0 Å². The number of pyridine rings is 1. The van der Waals surface area contributed by atoms with E-state index in [1.807, 2.05) is 13.2 Å². The Morgan fingerprint density at radius 3 is 2.55 bits per heavy atom. The summed E-state index contributed by atoms with van der Waals surface area (Å²) in [6, 6.07) is 4.21. The summed E-state index contributed by atoms with van der Waals surface area (Å²) < 4.78 is 2.07. The number of nitrogens with zero attached hydrogens (tertiary/aromatic N) is 2. The Morgan fingerprint density at radius 2 is 2.18 bits per heavy atom. The molecular formula is C9H12N2. The minimum atomic E-state index is 1.12. The molecule has 1 heterocycles. The molecule has 0 amide bonds. The summed E-state index contributed by atoms with van der Waals surface area (Å²) in [4.78, 5) is 0. The topological polar surface area (TPSA) is 27.7 Å². The van der Waals surface area contributed by atoms with Gasteiger partial charge in [0.05, 0.1) is 0 Å². The molecule has 0 saturated heterocycles. The maximum atomic E-state index is 6.25. The van der Waals surface area contributed by atoms with E-state index >= 15 is 0 Å². The standard InChI is InChI=1S/C8H12N.CN/c1-3-8-5-4-6-9(2)7-8;1-2/h4-7H,3H2,1-2H3;/q+1;-1. The van der Waals surface area contributed by atoms with Crippen molar-refractivity contribution in [3.63, 3.8) is 0 Å². The van der Waals surface area contributed by atoms with Crippen LogP contribution >= 0.6 is 0 Å². The fourth-order valence-corrected chi connectivity index (χ4v) is 0.859. The second kappa shape index (κ2) is 5.43. The summed E-state index contributed by atoms with van der Waals surface area (Å²) in [6.07, 6.45) is 5.30. The molecule has 1 aromatic heterocycles. The van der Waals surface area contributed by atoms with Gasteiger partial charge in [0, 0.05) is 11.6 Å². The summed E-state index contributed by atoms with van der Waals surface area (Å²) in [5.41, 5.74) is 1.39. The van der Waals surface area contributed by atoms with Gasteiger partial charge in [0.1, 0.15) is 7.05 Å². The van der Waals surface area contributed by atoms with Gasteiger partial charge in [0.25, 0.3) is 0 Å². The van der Waals surface area contributed by atoms with E-state index < -0.39 is 0 Å². The van der Waals surface area contributed by atoms with E-state index in [0.717, 1.165) is 6.42 Å². The van der Waals surface area contributed by atoms with Crippen molar-refractivity contribution in [3.8, 4) is 0 Å². The summed E-state index contributed by atoms with van der Waals surface area (Å²) in [5, 5.41) is 6.25. The van der Waals surface area contributed by atoms with Crippen molar-refractivity contribution in [2.75, 3.05) is 0 Å². The zero-order chi connectivity index (χ0) is 8.69. The number of aromatic nitrogens is 1. The Morgan fingerprint density at radius 1 is 1.55 bits per heavy atom. The average molecular weight is 148 g/mol. The van der Waals surface area contributed by atoms with Gasteiger partial charge < -0.3 is 11.8 Å². The lowest BCUT2D eigenvalue weighted by atomic mass is 10.2. The van der Waals surface area contributed by atoms with Crippen LogP contribution in [0.2, 0.25) is 0 Å². The van der Waals surface area contributed by atoms with Crippen molar-refractivity contribution in [1.82, 2.24) is 0 Å². The Balaban J connectivity index is 0.000000461. The zero-order valence-electron chi connectivity index (χ0n) is 6.91. The lowest BCUT2D eigenvalue weighted by Gasteiger charge is -1.90. The van der Waals surface area contributed by atoms with E-state index in [4.69, 9.17) is 11.8 Å². The molecule has 0 N–H and O–H groups in total. The van der Waals surface area contributed by atoms with E-state index in [1.165, 1.54) is 5.56 Å². The molecule has 0 radical (unpaired) electrons. The van der Waals surface area contributed by atoms with Crippen LogP contribution in [0.25, 0.3) is 0 Å². The third-order valence-corrected chi connectivity index (χ3v) is 1.41. The van der Waals surface area contributed by atoms with Crippen molar-refractivity contribution in [2.24, 2.45) is 7.05 Å². The lowest BCUT2D eigenvalue weighted by Crippen LogP contribution is -2.26. The maximum Gasteiger partial charge on any atom is 0.171 e. The summed E-state index contributed by atoms with van der Waals surface area (Å²) in [7, 11) is 2.04. The third-order valence-electron chi connectivity index (χ3n) is 1.41. The normalized spacial score (nSPS) is 8.00. The van der Waals surface area contributed by atoms with E-state index in [9.17, 15) is 0 Å². The first-order valence-electron chi connectivity index (χ1n) is 3.49. The fraction of sp³-hybridized carbons (Fsp3) is 0.333. The molecule has 11 heavy (non-hydrogen) atoms. The quantitative estimate of drug-likeness (QED) is 0.434. The number of hydrogen-bond acceptors (Lipinski definition) is 1. The minimum Gasteiger partial charge on any atom is -0.512 e. The SMILES string of the molecule is CCc1ccc[n+](C)c1.[C-]#N. The van der Waals surface area contributed by atoms with Crippen LogP contribution in [0.15, 0.2) is 24.5 Å². The van der Waals surface area contributed by atoms with Gasteiger partial charge in [-0.25, -0.2) is 4.57 Å². The van der Waals surface area contributed by atoms with E-state index in [-0.39, 0.29) is 0 Å². The highest BCUT2D eigenvalue weighted by atomic mass is 14.9. The number of aryl methyl sites for hydroxylation is 2. The Labute approximate surface area is 67.7 Å². The highest BCUT2D eigenvalue weighted by Crippen LogP contribution is 1.92. The first kappa shape index (κ1) is 9.64. The smallest absolute Gasteiger partial charge is 0.171 e. The molecule has 58 valence electrons. The van der Waals surface area contributed by atoms with Gasteiger partial charge in [0.15, 0.2) is 12.4 Å². The van der Waals surface area contributed by atoms with Gasteiger partial charge in [0.2, 0.25) is 0 Å². The van der Waals surface area contributed by atoms with Gasteiger partial charge in [-0.3, -0.25) is 0 Å². The van der Waals surface area contributed by atoms with Gasteiger partial charge in [-0.05, 0) is 12.5 Å². The van der Waals surface area contributed by atoms with Crippen molar-refractivity contribution < 1.29 is 4.57 Å². The molecular weight excluding hydrogens is 136 g/mol. The van der Waals surface area contributed by atoms with E-state index in [0.29, 0.717) is 0 Å². The van der Waals surface area contributed by atoms with Crippen LogP contribution in [0, 0.1) is 11.8 Å². The molecule has 0 saturated carbocycles. The third kappa shape index (κ3) is 3.36. The zero-order valence-corrected chi connectivity index (χ0v) is 6.91. The van der Waals surface area contributed by atoms with Crippen LogP contribution in [-0.4, -0.2) is 0 Å². The summed E-state index contributed by atoms with van der Waals surface area (Å²) in [5.74, 6) is 0. The summed E-state index contributed by atoms with van der Waals surface area (Å²) in [6.45, 7) is 6.91. The van der Waals surface area contributed by atoms with Crippen molar-refractivity contribution in [2.45, 2.75) is 13.3 Å². The lowest BCUT2D eigenvalue weighted by molar-refractivity contribution is -0.671. The van der Waals surface area contributed by atoms with Crippen LogP contribution < -0.4 is 4.57 Å². The Hall–Kier alpha value is -1.36. The molecule has 1 rings (SSSR count). The monoisotopic (exact) mass is 148 g/mol. The molecule has 0 aliphatic carbocycles. The first-order valence-corrected chi connectivity index (χ1v) is 3.49. The molecule has 0 aliphatic rings. The molecule has 0 aromatic carbocycles. The molecule has 0 bridgehead atoms. The van der Waals surface area contributed by atoms with Crippen LogP contribution in [0.4, 0.5) is 0 Å². The van der Waals surface area contributed by atoms with Crippen molar-refractivity contribution in [1.29, 1.82) is 5.26 Å². The average Bonchev–Trinajstić information content (AvgIpc) is 2.08. The predicted octanol–water partition coefficient (Wildman–Crippen LogP) is 1.17. The molecule has 0 atom stereocenters. The molecule has 0 spiro atoms. The van der Waals surface area contributed by atoms with Crippen LogP contribution in [-0.2, 0) is 13.5 Å². The van der Waals surface area contributed by atoms with Crippen molar-refractivity contribution >= 4 is 0 Å². The fourth-order valence-electron chi connectivity index (χ4n) is 0.859. The molecule has 0 aliphatic heterocycles. The number of rotatable bonds is 1. The largest absolute Gasteiger partial charge is 0.512 e. The molecule has 0 fully saturated rings. The molecule has 2 heteroatoms. The molecule has 2 nitrogen and oxygen atoms in total. The van der Waals surface area contributed by atoms with Gasteiger partial charge in [-0.15, -0.1) is 0 Å². The molecule has 1 aromatic rings. The Kier molecular flexibility index (Phi) is 4.76. The van der Waals surface area contributed by atoms with E-state index in [1.54, 1.807) is 0 Å². The number of hydrogen-bond donors (Lipinski definition) is 0. The van der Waals surface area contributed by atoms with Crippen LogP contribution in [0.1, 0.15) is 12.5 Å². The van der Waals surface area contributed by atoms with Crippen LogP contribution in [0.3, 0.4) is 0 Å². The molecule has 0 unspecified atom stereocenters. The summed E-state index contributed by atoms with van der Waals surface area (Å²) >= 11 is 0. The highest BCUT2D eigenvalue weighted by Gasteiger charge is 1.91. The second-order valence-electron chi connectivity index (χ2n) is 2.23. The van der Waals surface area contributed by atoms with Crippen molar-refractivity contribution in [3.05, 3.63) is 36.7 Å². The van der Waals surface area contributed by atoms with Gasteiger partial charge in [-0.2, -0.15) is 0 Å². The minimum absolute atomic E-state index is 1.12. The Bertz CT molecular complexity index is 228. The van der Waals surface area contributed by atoms with Gasteiger partial charge >= 0.3 is 0 Å². The highest BCUT2D eigenvalue weighted by molar-refractivity contribution is 5.04. The van der Waals surface area contributed by atoms with Gasteiger partial charge in [-0.1, -0.05) is 6.92 Å². The van der Waals surface area contributed by atoms with E-state index in [2.05, 4.69) is 29.8 Å². The predicted molar refractivity (Wildman–Crippen MR) is 42.0 cm³/mol. The first-order chi connectivity index (χ1) is 5.33.